The molecule has 0 aliphatic carbocycles. The minimum absolute atomic E-state index is 0.803. The molecule has 0 radical (unpaired) electrons. The topological polar surface area (TPSA) is 18.5 Å². The lowest BCUT2D eigenvalue weighted by atomic mass is 10.0. The van der Waals surface area contributed by atoms with Gasteiger partial charge in [0.1, 0.15) is 11.5 Å². The van der Waals surface area contributed by atoms with Crippen LogP contribution in [0.15, 0.2) is 46.9 Å². The van der Waals surface area contributed by atoms with Gasteiger partial charge in [0.15, 0.2) is 0 Å². The second kappa shape index (κ2) is 4.74. The van der Waals surface area contributed by atoms with E-state index in [9.17, 15) is 0 Å². The minimum atomic E-state index is 0.803. The number of rotatable bonds is 2. The predicted molar refractivity (Wildman–Crippen MR) is 82.3 cm³/mol. The van der Waals surface area contributed by atoms with Crippen molar-refractivity contribution >= 4 is 37.5 Å². The smallest absolute Gasteiger partial charge is 0.130 e. The van der Waals surface area contributed by atoms with Crippen molar-refractivity contribution in [2.75, 3.05) is 14.2 Å². The van der Waals surface area contributed by atoms with E-state index in [0.29, 0.717) is 0 Å². The molecule has 0 N–H and O–H groups in total. The molecule has 0 amide bonds. The highest BCUT2D eigenvalue weighted by atomic mass is 79.9. The maximum absolute atomic E-state index is 5.47. The number of methoxy groups -OCH3 is 2. The van der Waals surface area contributed by atoms with E-state index in [4.69, 9.17) is 9.47 Å². The summed E-state index contributed by atoms with van der Waals surface area (Å²) in [4.78, 5) is 0. The van der Waals surface area contributed by atoms with Gasteiger partial charge in [-0.25, -0.2) is 0 Å². The first-order valence-electron chi connectivity index (χ1n) is 5.97. The SMILES string of the molecule is COc1cc(OC)c2cc(Br)c3ccccc3c2c1. The van der Waals surface area contributed by atoms with E-state index in [1.54, 1.807) is 14.2 Å². The summed E-state index contributed by atoms with van der Waals surface area (Å²) in [6.07, 6.45) is 0. The van der Waals surface area contributed by atoms with Gasteiger partial charge in [0, 0.05) is 15.9 Å². The fourth-order valence-corrected chi connectivity index (χ4v) is 2.97. The van der Waals surface area contributed by atoms with Crippen molar-refractivity contribution in [3.8, 4) is 11.5 Å². The molecule has 0 saturated carbocycles. The van der Waals surface area contributed by atoms with Crippen LogP contribution in [0.2, 0.25) is 0 Å². The Labute approximate surface area is 120 Å². The monoisotopic (exact) mass is 316 g/mol. The first kappa shape index (κ1) is 12.3. The zero-order valence-electron chi connectivity index (χ0n) is 10.7. The molecule has 0 spiro atoms. The molecule has 0 fully saturated rings. The number of benzene rings is 3. The van der Waals surface area contributed by atoms with Crippen molar-refractivity contribution in [2.45, 2.75) is 0 Å². The van der Waals surface area contributed by atoms with Gasteiger partial charge in [-0.15, -0.1) is 0 Å². The minimum Gasteiger partial charge on any atom is -0.497 e. The molecule has 19 heavy (non-hydrogen) atoms. The summed E-state index contributed by atoms with van der Waals surface area (Å²) in [5.74, 6) is 1.62. The second-order valence-corrected chi connectivity index (χ2v) is 5.18. The lowest BCUT2D eigenvalue weighted by molar-refractivity contribution is 0.398. The van der Waals surface area contributed by atoms with E-state index in [0.717, 1.165) is 26.7 Å². The van der Waals surface area contributed by atoms with Crippen LogP contribution in [0.25, 0.3) is 21.5 Å². The van der Waals surface area contributed by atoms with Crippen LogP contribution >= 0.6 is 15.9 Å². The first-order valence-corrected chi connectivity index (χ1v) is 6.77. The molecule has 2 nitrogen and oxygen atoms in total. The molecule has 0 aliphatic heterocycles. The molecule has 0 atom stereocenters. The molecular weight excluding hydrogens is 304 g/mol. The van der Waals surface area contributed by atoms with Gasteiger partial charge >= 0.3 is 0 Å². The fourth-order valence-electron chi connectivity index (χ4n) is 2.39. The molecule has 3 heteroatoms. The van der Waals surface area contributed by atoms with Gasteiger partial charge in [-0.3, -0.25) is 0 Å². The molecular formula is C16H13BrO2. The Kier molecular flexibility index (Phi) is 3.07. The third-order valence-corrected chi connectivity index (χ3v) is 3.97. The molecule has 3 rings (SSSR count). The van der Waals surface area contributed by atoms with Crippen LogP contribution in [-0.4, -0.2) is 14.2 Å². The molecule has 0 saturated heterocycles. The van der Waals surface area contributed by atoms with Crippen molar-refractivity contribution in [3.05, 3.63) is 46.9 Å². The third-order valence-electron chi connectivity index (χ3n) is 3.32. The summed E-state index contributed by atoms with van der Waals surface area (Å²) in [6, 6.07) is 14.3. The van der Waals surface area contributed by atoms with Crippen molar-refractivity contribution in [3.63, 3.8) is 0 Å². The number of ether oxygens (including phenoxy) is 2. The van der Waals surface area contributed by atoms with E-state index in [-0.39, 0.29) is 0 Å². The average molecular weight is 317 g/mol. The maximum atomic E-state index is 5.47. The zero-order chi connectivity index (χ0) is 13.4. The van der Waals surface area contributed by atoms with Crippen molar-refractivity contribution in [2.24, 2.45) is 0 Å². The van der Waals surface area contributed by atoms with Crippen LogP contribution in [0.5, 0.6) is 11.5 Å². The Morgan fingerprint density at radius 1 is 0.789 bits per heavy atom. The Hall–Kier alpha value is -1.74. The van der Waals surface area contributed by atoms with Gasteiger partial charge in [-0.05, 0) is 28.3 Å². The summed E-state index contributed by atoms with van der Waals surface area (Å²) in [7, 11) is 3.35. The normalized spacial score (nSPS) is 10.9. The summed E-state index contributed by atoms with van der Waals surface area (Å²) in [6.45, 7) is 0. The lowest BCUT2D eigenvalue weighted by Crippen LogP contribution is -1.90. The molecule has 96 valence electrons. The molecule has 3 aromatic rings. The Morgan fingerprint density at radius 2 is 1.53 bits per heavy atom. The quantitative estimate of drug-likeness (QED) is 0.634. The van der Waals surface area contributed by atoms with Gasteiger partial charge in [0.2, 0.25) is 0 Å². The lowest BCUT2D eigenvalue weighted by Gasteiger charge is -2.12. The Balaban J connectivity index is 2.53. The number of fused-ring (bicyclic) bond motifs is 3. The summed E-state index contributed by atoms with van der Waals surface area (Å²) in [5, 5.41) is 4.58. The van der Waals surface area contributed by atoms with Gasteiger partial charge in [0.05, 0.1) is 14.2 Å². The number of hydrogen-bond acceptors (Lipinski definition) is 2. The predicted octanol–water partition coefficient (Wildman–Crippen LogP) is 4.77. The molecule has 0 unspecified atom stereocenters. The van der Waals surface area contributed by atoms with Crippen LogP contribution in [0.4, 0.5) is 0 Å². The van der Waals surface area contributed by atoms with E-state index in [2.05, 4.69) is 34.1 Å². The van der Waals surface area contributed by atoms with Crippen LogP contribution in [0, 0.1) is 0 Å². The van der Waals surface area contributed by atoms with E-state index in [1.165, 1.54) is 10.8 Å². The van der Waals surface area contributed by atoms with Crippen LogP contribution in [0.3, 0.4) is 0 Å². The largest absolute Gasteiger partial charge is 0.497 e. The summed E-state index contributed by atoms with van der Waals surface area (Å²) in [5.41, 5.74) is 0. The molecule has 0 bridgehead atoms. The zero-order valence-corrected chi connectivity index (χ0v) is 12.3. The maximum Gasteiger partial charge on any atom is 0.130 e. The van der Waals surface area contributed by atoms with E-state index < -0.39 is 0 Å². The highest BCUT2D eigenvalue weighted by molar-refractivity contribution is 9.10. The Morgan fingerprint density at radius 3 is 2.21 bits per heavy atom. The highest BCUT2D eigenvalue weighted by Gasteiger charge is 2.10. The van der Waals surface area contributed by atoms with Crippen molar-refractivity contribution in [1.29, 1.82) is 0 Å². The van der Waals surface area contributed by atoms with Crippen LogP contribution in [-0.2, 0) is 0 Å². The van der Waals surface area contributed by atoms with E-state index >= 15 is 0 Å². The molecule has 0 aliphatic rings. The highest BCUT2D eigenvalue weighted by Crippen LogP contribution is 2.38. The molecule has 3 aromatic carbocycles. The average Bonchev–Trinajstić information content (AvgIpc) is 2.47. The molecule has 0 heterocycles. The second-order valence-electron chi connectivity index (χ2n) is 4.33. The summed E-state index contributed by atoms with van der Waals surface area (Å²) < 4.78 is 11.9. The third kappa shape index (κ3) is 1.94. The number of hydrogen-bond donors (Lipinski definition) is 0. The van der Waals surface area contributed by atoms with Gasteiger partial charge in [0.25, 0.3) is 0 Å². The van der Waals surface area contributed by atoms with Gasteiger partial charge < -0.3 is 9.47 Å². The van der Waals surface area contributed by atoms with Gasteiger partial charge in [-0.1, -0.05) is 40.2 Å². The molecule has 0 aromatic heterocycles. The first-order chi connectivity index (χ1) is 9.24. The van der Waals surface area contributed by atoms with Crippen molar-refractivity contribution in [1.82, 2.24) is 0 Å². The van der Waals surface area contributed by atoms with Crippen LogP contribution in [0.1, 0.15) is 0 Å². The van der Waals surface area contributed by atoms with Crippen LogP contribution < -0.4 is 9.47 Å². The van der Waals surface area contributed by atoms with Crippen molar-refractivity contribution < 1.29 is 9.47 Å². The fraction of sp³-hybridized carbons (Fsp3) is 0.125. The Bertz CT molecular complexity index is 765. The standard InChI is InChI=1S/C16H13BrO2/c1-18-10-7-13-11-5-3-4-6-12(11)15(17)9-14(13)16(8-10)19-2/h3-9H,1-2H3. The van der Waals surface area contributed by atoms with Gasteiger partial charge in [-0.2, -0.15) is 0 Å². The van der Waals surface area contributed by atoms with E-state index in [1.807, 2.05) is 24.3 Å². The number of halogens is 1. The summed E-state index contributed by atoms with van der Waals surface area (Å²) >= 11 is 3.63.